The number of hydrogen-bond donors (Lipinski definition) is 0. The fourth-order valence-corrected chi connectivity index (χ4v) is 3.55. The number of fused-ring (bicyclic) bond motifs is 1. The molecule has 114 valence electrons. The molecule has 3 aliphatic rings. The van der Waals surface area contributed by atoms with Gasteiger partial charge in [0.25, 0.3) is 0 Å². The molecule has 3 saturated heterocycles. The van der Waals surface area contributed by atoms with E-state index in [2.05, 4.69) is 4.90 Å². The molecule has 3 atom stereocenters. The van der Waals surface area contributed by atoms with Crippen molar-refractivity contribution in [2.75, 3.05) is 39.4 Å². The van der Waals surface area contributed by atoms with Gasteiger partial charge < -0.3 is 14.4 Å². The van der Waals surface area contributed by atoms with E-state index in [0.29, 0.717) is 17.9 Å². The summed E-state index contributed by atoms with van der Waals surface area (Å²) in [5, 5.41) is 0. The lowest BCUT2D eigenvalue weighted by atomic mass is 10.0. The van der Waals surface area contributed by atoms with Crippen LogP contribution in [0.15, 0.2) is 0 Å². The lowest BCUT2D eigenvalue weighted by molar-refractivity contribution is 0.0280. The smallest absolute Gasteiger partial charge is 0.410 e. The highest BCUT2D eigenvalue weighted by molar-refractivity contribution is 5.68. The first kappa shape index (κ1) is 14.1. The van der Waals surface area contributed by atoms with Crippen LogP contribution in [0.5, 0.6) is 0 Å². The molecular weight excluding hydrogens is 256 g/mol. The first-order valence-corrected chi connectivity index (χ1v) is 7.72. The van der Waals surface area contributed by atoms with Crippen LogP contribution in [-0.2, 0) is 9.47 Å². The second-order valence-electron chi connectivity index (χ2n) is 7.38. The molecular formula is C15H26N2O3. The van der Waals surface area contributed by atoms with Gasteiger partial charge in [-0.25, -0.2) is 4.79 Å². The molecule has 0 aromatic heterocycles. The van der Waals surface area contributed by atoms with Gasteiger partial charge in [-0.3, -0.25) is 4.90 Å². The van der Waals surface area contributed by atoms with Crippen molar-refractivity contribution in [2.24, 2.45) is 11.8 Å². The van der Waals surface area contributed by atoms with E-state index in [0.717, 1.165) is 45.8 Å². The van der Waals surface area contributed by atoms with E-state index in [4.69, 9.17) is 9.47 Å². The molecule has 0 aromatic rings. The molecule has 3 heterocycles. The molecule has 0 N–H and O–H groups in total. The second kappa shape index (κ2) is 5.19. The summed E-state index contributed by atoms with van der Waals surface area (Å²) in [4.78, 5) is 16.5. The van der Waals surface area contributed by atoms with Gasteiger partial charge in [0.15, 0.2) is 0 Å². The quantitative estimate of drug-likeness (QED) is 0.732. The van der Waals surface area contributed by atoms with Crippen LogP contribution in [0, 0.1) is 11.8 Å². The molecule has 3 rings (SSSR count). The van der Waals surface area contributed by atoms with Gasteiger partial charge >= 0.3 is 6.09 Å². The second-order valence-corrected chi connectivity index (χ2v) is 7.38. The van der Waals surface area contributed by atoms with Crippen LogP contribution in [0.4, 0.5) is 4.79 Å². The number of carbonyl (C=O) groups is 1. The van der Waals surface area contributed by atoms with Crippen molar-refractivity contribution in [1.29, 1.82) is 0 Å². The van der Waals surface area contributed by atoms with Crippen molar-refractivity contribution in [3.05, 3.63) is 0 Å². The molecule has 5 heteroatoms. The summed E-state index contributed by atoms with van der Waals surface area (Å²) in [7, 11) is 0. The summed E-state index contributed by atoms with van der Waals surface area (Å²) in [5.74, 6) is 1.43. The van der Waals surface area contributed by atoms with Crippen molar-refractivity contribution in [2.45, 2.75) is 38.8 Å². The summed E-state index contributed by atoms with van der Waals surface area (Å²) >= 11 is 0. The Morgan fingerprint density at radius 3 is 2.40 bits per heavy atom. The highest BCUT2D eigenvalue weighted by atomic mass is 16.6. The Morgan fingerprint density at radius 1 is 1.15 bits per heavy atom. The van der Waals surface area contributed by atoms with Crippen molar-refractivity contribution in [3.8, 4) is 0 Å². The zero-order chi connectivity index (χ0) is 14.3. The van der Waals surface area contributed by atoms with Crippen molar-refractivity contribution < 1.29 is 14.3 Å². The van der Waals surface area contributed by atoms with Gasteiger partial charge in [-0.05, 0) is 27.2 Å². The van der Waals surface area contributed by atoms with Crippen LogP contribution in [0.1, 0.15) is 27.2 Å². The van der Waals surface area contributed by atoms with Gasteiger partial charge in [-0.2, -0.15) is 0 Å². The zero-order valence-corrected chi connectivity index (χ0v) is 12.8. The van der Waals surface area contributed by atoms with Gasteiger partial charge in [-0.15, -0.1) is 0 Å². The number of ether oxygens (including phenoxy) is 2. The Morgan fingerprint density at radius 2 is 1.80 bits per heavy atom. The Bertz CT molecular complexity index is 368. The standard InChI is InChI=1S/C15H26N2O3/c1-15(2,3)20-14(18)16-5-4-13(8-16)17-6-11-9-19-10-12(11)7-17/h11-13H,4-10H2,1-3H3/t11-,12+,13-/m1/s1. The van der Waals surface area contributed by atoms with E-state index in [1.54, 1.807) is 0 Å². The van der Waals surface area contributed by atoms with Crippen LogP contribution in [0.25, 0.3) is 0 Å². The predicted molar refractivity (Wildman–Crippen MR) is 75.6 cm³/mol. The van der Waals surface area contributed by atoms with Crippen LogP contribution < -0.4 is 0 Å². The van der Waals surface area contributed by atoms with Crippen molar-refractivity contribution in [3.63, 3.8) is 0 Å². The average Bonchev–Trinajstić information content (AvgIpc) is 3.01. The van der Waals surface area contributed by atoms with E-state index in [-0.39, 0.29) is 6.09 Å². The highest BCUT2D eigenvalue weighted by Crippen LogP contribution is 2.32. The Kier molecular flexibility index (Phi) is 3.67. The highest BCUT2D eigenvalue weighted by Gasteiger charge is 2.42. The van der Waals surface area contributed by atoms with Crippen LogP contribution in [0.3, 0.4) is 0 Å². The lowest BCUT2D eigenvalue weighted by Gasteiger charge is -2.26. The fraction of sp³-hybridized carbons (Fsp3) is 0.933. The number of hydrogen-bond acceptors (Lipinski definition) is 4. The fourth-order valence-electron chi connectivity index (χ4n) is 3.55. The Balaban J connectivity index is 1.51. The summed E-state index contributed by atoms with van der Waals surface area (Å²) in [5.41, 5.74) is -0.406. The van der Waals surface area contributed by atoms with Crippen molar-refractivity contribution >= 4 is 6.09 Å². The minimum atomic E-state index is -0.406. The molecule has 5 nitrogen and oxygen atoms in total. The molecule has 0 spiro atoms. The zero-order valence-electron chi connectivity index (χ0n) is 12.8. The first-order valence-electron chi connectivity index (χ1n) is 7.72. The molecule has 20 heavy (non-hydrogen) atoms. The van der Waals surface area contributed by atoms with Crippen molar-refractivity contribution in [1.82, 2.24) is 9.80 Å². The maximum Gasteiger partial charge on any atom is 0.410 e. The van der Waals surface area contributed by atoms with Gasteiger partial charge in [0, 0.05) is 44.1 Å². The number of rotatable bonds is 1. The average molecular weight is 282 g/mol. The number of likely N-dealkylation sites (tertiary alicyclic amines) is 2. The van der Waals surface area contributed by atoms with Gasteiger partial charge in [-0.1, -0.05) is 0 Å². The van der Waals surface area contributed by atoms with Gasteiger partial charge in [0.05, 0.1) is 13.2 Å². The maximum absolute atomic E-state index is 12.1. The third-order valence-electron chi connectivity index (χ3n) is 4.60. The summed E-state index contributed by atoms with van der Waals surface area (Å²) < 4.78 is 11.0. The monoisotopic (exact) mass is 282 g/mol. The van der Waals surface area contributed by atoms with Gasteiger partial charge in [0.2, 0.25) is 0 Å². The first-order chi connectivity index (χ1) is 9.42. The van der Waals surface area contributed by atoms with E-state index in [1.807, 2.05) is 25.7 Å². The van der Waals surface area contributed by atoms with E-state index < -0.39 is 5.60 Å². The topological polar surface area (TPSA) is 42.0 Å². The minimum Gasteiger partial charge on any atom is -0.444 e. The lowest BCUT2D eigenvalue weighted by Crippen LogP contribution is -2.40. The van der Waals surface area contributed by atoms with E-state index >= 15 is 0 Å². The normalized spacial score (nSPS) is 34.5. The Hall–Kier alpha value is -0.810. The number of amides is 1. The predicted octanol–water partition coefficient (Wildman–Crippen LogP) is 1.57. The molecule has 0 aliphatic carbocycles. The molecule has 0 aromatic carbocycles. The molecule has 0 unspecified atom stereocenters. The number of carbonyl (C=O) groups excluding carboxylic acids is 1. The minimum absolute atomic E-state index is 0.164. The van der Waals surface area contributed by atoms with E-state index in [9.17, 15) is 4.79 Å². The molecule has 0 radical (unpaired) electrons. The van der Waals surface area contributed by atoms with Crippen LogP contribution in [0.2, 0.25) is 0 Å². The number of nitrogens with zero attached hydrogens (tertiary/aromatic N) is 2. The van der Waals surface area contributed by atoms with Crippen LogP contribution >= 0.6 is 0 Å². The molecule has 0 saturated carbocycles. The third kappa shape index (κ3) is 2.93. The summed E-state index contributed by atoms with van der Waals surface area (Å²) in [6.07, 6.45) is 0.905. The van der Waals surface area contributed by atoms with Gasteiger partial charge in [0.1, 0.15) is 5.60 Å². The molecule has 3 fully saturated rings. The molecule has 0 bridgehead atoms. The molecule has 1 amide bonds. The van der Waals surface area contributed by atoms with Crippen LogP contribution in [-0.4, -0.2) is 66.9 Å². The van der Waals surface area contributed by atoms with E-state index in [1.165, 1.54) is 0 Å². The SMILES string of the molecule is CC(C)(C)OC(=O)N1CC[C@@H](N2C[C@H]3COC[C@H]3C2)C1. The maximum atomic E-state index is 12.1. The summed E-state index contributed by atoms with van der Waals surface area (Å²) in [6.45, 7) is 11.5. The summed E-state index contributed by atoms with van der Waals surface area (Å²) in [6, 6.07) is 0.508. The molecule has 3 aliphatic heterocycles. The largest absolute Gasteiger partial charge is 0.444 e. The third-order valence-corrected chi connectivity index (χ3v) is 4.60. The Labute approximate surface area is 121 Å².